The number of hydrogen-bond donors (Lipinski definition) is 1. The van der Waals surface area contributed by atoms with Gasteiger partial charge >= 0.3 is 6.09 Å². The highest BCUT2D eigenvalue weighted by Gasteiger charge is 2.60. The third-order valence-electron chi connectivity index (χ3n) is 8.75. The van der Waals surface area contributed by atoms with Crippen molar-refractivity contribution in [3.63, 3.8) is 0 Å². The number of carbonyl (C=O) groups excluding carboxylic acids is 1. The minimum atomic E-state index is -2.96. The maximum absolute atomic E-state index is 14.9. The van der Waals surface area contributed by atoms with Crippen LogP contribution >= 0.6 is 0 Å². The monoisotopic (exact) mass is 593 g/mol. The van der Waals surface area contributed by atoms with Crippen molar-refractivity contribution in [2.45, 2.75) is 102 Å². The van der Waals surface area contributed by atoms with E-state index in [0.29, 0.717) is 24.7 Å². The first-order valence-corrected chi connectivity index (χ1v) is 15.1. The highest BCUT2D eigenvalue weighted by Crippen LogP contribution is 2.47. The summed E-state index contributed by atoms with van der Waals surface area (Å²) in [6, 6.07) is 8.04. The fraction of sp³-hybridized carbons (Fsp3) is 0.531. The van der Waals surface area contributed by atoms with Gasteiger partial charge < -0.3 is 19.5 Å². The van der Waals surface area contributed by atoms with E-state index >= 15 is 0 Å². The summed E-state index contributed by atoms with van der Waals surface area (Å²) in [5.41, 5.74) is 4.33. The molecule has 11 heteroatoms. The molecule has 0 spiro atoms. The van der Waals surface area contributed by atoms with Crippen LogP contribution in [0.25, 0.3) is 22.3 Å². The molecule has 4 aliphatic rings. The number of fused-ring (bicyclic) bond motifs is 5. The maximum atomic E-state index is 14.9. The molecular weight excluding hydrogens is 556 g/mol. The number of amides is 1. The normalized spacial score (nSPS) is 25.8. The van der Waals surface area contributed by atoms with E-state index in [2.05, 4.69) is 28.6 Å². The Kier molecular flexibility index (Phi) is 6.83. The Balaban J connectivity index is 1.05. The van der Waals surface area contributed by atoms with Gasteiger partial charge in [-0.15, -0.1) is 0 Å². The van der Waals surface area contributed by atoms with Crippen molar-refractivity contribution < 1.29 is 27.8 Å². The highest BCUT2D eigenvalue weighted by atomic mass is 19.3. The molecule has 0 saturated carbocycles. The average molecular weight is 594 g/mol. The van der Waals surface area contributed by atoms with Crippen molar-refractivity contribution in [1.29, 1.82) is 0 Å². The smallest absolute Gasteiger partial charge is 0.411 e. The molecule has 228 valence electrons. The van der Waals surface area contributed by atoms with Crippen molar-refractivity contribution in [3.05, 3.63) is 48.3 Å². The number of rotatable bonds is 4. The van der Waals surface area contributed by atoms with Crippen LogP contribution in [0.3, 0.4) is 0 Å². The lowest BCUT2D eigenvalue weighted by atomic mass is 9.95. The number of hydrogen-bond acceptors (Lipinski definition) is 7. The van der Waals surface area contributed by atoms with E-state index in [1.165, 1.54) is 4.90 Å². The lowest BCUT2D eigenvalue weighted by Gasteiger charge is -2.39. The molecule has 2 bridgehead atoms. The van der Waals surface area contributed by atoms with Gasteiger partial charge in [0, 0.05) is 42.4 Å². The van der Waals surface area contributed by atoms with E-state index in [1.54, 1.807) is 20.8 Å². The van der Waals surface area contributed by atoms with E-state index in [4.69, 9.17) is 19.2 Å². The summed E-state index contributed by atoms with van der Waals surface area (Å²) in [6.45, 7) is 6.36. The third kappa shape index (κ3) is 5.43. The fourth-order valence-corrected chi connectivity index (χ4v) is 6.82. The van der Waals surface area contributed by atoms with Gasteiger partial charge in [-0.05, 0) is 87.8 Å². The van der Waals surface area contributed by atoms with Crippen LogP contribution in [0.5, 0.6) is 5.88 Å². The number of nitrogens with one attached hydrogen (secondary N) is 1. The summed E-state index contributed by atoms with van der Waals surface area (Å²) in [4.78, 5) is 18.7. The number of pyridine rings is 1. The van der Waals surface area contributed by atoms with Crippen LogP contribution in [-0.2, 0) is 16.1 Å². The second-order valence-corrected chi connectivity index (χ2v) is 13.1. The van der Waals surface area contributed by atoms with Gasteiger partial charge in [-0.2, -0.15) is 10.1 Å². The number of benzene rings is 1. The highest BCUT2D eigenvalue weighted by molar-refractivity contribution is 5.78. The molecule has 0 aliphatic carbocycles. The van der Waals surface area contributed by atoms with Crippen molar-refractivity contribution in [3.8, 4) is 28.1 Å². The Hall–Kier alpha value is -3.73. The molecule has 2 aromatic heterocycles. The molecule has 43 heavy (non-hydrogen) atoms. The molecule has 3 fully saturated rings. The summed E-state index contributed by atoms with van der Waals surface area (Å²) in [5, 5.41) is 7.88. The molecule has 7 rings (SSSR count). The van der Waals surface area contributed by atoms with Crippen molar-refractivity contribution in [2.24, 2.45) is 0 Å². The number of aromatic nitrogens is 3. The first-order chi connectivity index (χ1) is 20.5. The fourth-order valence-electron chi connectivity index (χ4n) is 6.82. The van der Waals surface area contributed by atoms with Crippen LogP contribution in [0, 0.1) is 0 Å². The Bertz CT molecular complexity index is 1530. The van der Waals surface area contributed by atoms with Gasteiger partial charge in [-0.25, -0.2) is 18.3 Å². The zero-order valence-corrected chi connectivity index (χ0v) is 24.7. The Morgan fingerprint density at radius 3 is 2.72 bits per heavy atom. The predicted molar refractivity (Wildman–Crippen MR) is 156 cm³/mol. The molecule has 3 aromatic rings. The van der Waals surface area contributed by atoms with Gasteiger partial charge in [0.15, 0.2) is 0 Å². The van der Waals surface area contributed by atoms with Crippen LogP contribution in [0.1, 0.15) is 71.1 Å². The topological polar surface area (TPSA) is 90.7 Å². The SMILES string of the molecule is CC(C)(C)OC(=O)N1C2CC(Nc3ccc4c(n3)OCc3cc(-c5cnn(C6CCCCO6)c5)ccc3-4)CC1C(F)(F)C2. The standard InChI is InChI=1S/C32H37F2N5O4/c1-31(2,3)43-30(40)39-23-13-22(14-26(39)32(33,34)15-23)36-27-10-9-25-24-8-7-19(12-20(24)18-42-29(25)37-27)21-16-35-38(17-21)28-6-4-5-11-41-28/h7-10,12,16-17,22-23,26,28H,4-6,11,13-15,18H2,1-3H3,(H,36,37). The third-order valence-corrected chi connectivity index (χ3v) is 8.75. The molecule has 9 nitrogen and oxygen atoms in total. The van der Waals surface area contributed by atoms with Crippen LogP contribution in [0.4, 0.5) is 19.4 Å². The van der Waals surface area contributed by atoms with E-state index in [0.717, 1.165) is 53.7 Å². The van der Waals surface area contributed by atoms with E-state index < -0.39 is 29.7 Å². The van der Waals surface area contributed by atoms with Gasteiger partial charge in [0.2, 0.25) is 5.88 Å². The van der Waals surface area contributed by atoms with Gasteiger partial charge in [0.25, 0.3) is 5.92 Å². The summed E-state index contributed by atoms with van der Waals surface area (Å²) < 4.78 is 49.1. The molecule has 6 heterocycles. The van der Waals surface area contributed by atoms with Crippen molar-refractivity contribution in [1.82, 2.24) is 19.7 Å². The van der Waals surface area contributed by atoms with Gasteiger partial charge in [-0.1, -0.05) is 12.1 Å². The largest absolute Gasteiger partial charge is 0.472 e. The summed E-state index contributed by atoms with van der Waals surface area (Å²) in [6.07, 6.45) is 6.58. The number of halogens is 2. The molecular formula is C32H37F2N5O4. The molecule has 4 aliphatic heterocycles. The number of ether oxygens (including phenoxy) is 3. The summed E-state index contributed by atoms with van der Waals surface area (Å²) in [7, 11) is 0. The zero-order chi connectivity index (χ0) is 29.9. The second kappa shape index (κ2) is 10.5. The Labute approximate surface area is 249 Å². The Morgan fingerprint density at radius 1 is 1.12 bits per heavy atom. The minimum absolute atomic E-state index is 0.00612. The summed E-state index contributed by atoms with van der Waals surface area (Å²) >= 11 is 0. The molecule has 3 saturated heterocycles. The zero-order valence-electron chi connectivity index (χ0n) is 24.7. The number of piperidine rings is 1. The van der Waals surface area contributed by atoms with E-state index in [9.17, 15) is 13.6 Å². The first-order valence-electron chi connectivity index (χ1n) is 15.1. The van der Waals surface area contributed by atoms with Crippen LogP contribution in [0.15, 0.2) is 42.7 Å². The minimum Gasteiger partial charge on any atom is -0.472 e. The van der Waals surface area contributed by atoms with Crippen LogP contribution in [0.2, 0.25) is 0 Å². The number of nitrogens with zero attached hydrogens (tertiary/aromatic N) is 4. The second-order valence-electron chi connectivity index (χ2n) is 13.1. The van der Waals surface area contributed by atoms with Crippen LogP contribution in [-0.4, -0.2) is 62.0 Å². The summed E-state index contributed by atoms with van der Waals surface area (Å²) in [5.74, 6) is -1.89. The number of anilines is 1. The number of carbonyl (C=O) groups is 1. The van der Waals surface area contributed by atoms with Gasteiger partial charge in [0.1, 0.15) is 30.3 Å². The van der Waals surface area contributed by atoms with Crippen molar-refractivity contribution in [2.75, 3.05) is 11.9 Å². The molecule has 1 N–H and O–H groups in total. The van der Waals surface area contributed by atoms with E-state index in [-0.39, 0.29) is 25.1 Å². The Morgan fingerprint density at radius 2 is 1.95 bits per heavy atom. The van der Waals surface area contributed by atoms with Crippen LogP contribution < -0.4 is 10.1 Å². The average Bonchev–Trinajstić information content (AvgIpc) is 3.52. The molecule has 1 amide bonds. The molecule has 0 radical (unpaired) electrons. The predicted octanol–water partition coefficient (Wildman–Crippen LogP) is 6.79. The quantitative estimate of drug-likeness (QED) is 0.356. The molecule has 4 atom stereocenters. The molecule has 4 unspecified atom stereocenters. The lowest BCUT2D eigenvalue weighted by Crippen LogP contribution is -2.53. The number of alkyl halides is 2. The first kappa shape index (κ1) is 28.1. The lowest BCUT2D eigenvalue weighted by molar-refractivity contribution is -0.0483. The van der Waals surface area contributed by atoms with E-state index in [1.807, 2.05) is 29.2 Å². The maximum Gasteiger partial charge on any atom is 0.411 e. The molecule has 1 aromatic carbocycles. The van der Waals surface area contributed by atoms with Gasteiger partial charge in [-0.3, -0.25) is 4.90 Å². The van der Waals surface area contributed by atoms with Crippen molar-refractivity contribution >= 4 is 11.9 Å². The van der Waals surface area contributed by atoms with Gasteiger partial charge in [0.05, 0.1) is 6.20 Å².